The number of nitrogens with one attached hydrogen (secondary N) is 2. The number of primary amides is 2. The van der Waals surface area contributed by atoms with E-state index < -0.39 is 24.1 Å². The largest absolute Gasteiger partial charge is 0.464 e. The Morgan fingerprint density at radius 2 is 1.53 bits per heavy atom. The van der Waals surface area contributed by atoms with Gasteiger partial charge in [0.25, 0.3) is 0 Å². The molecule has 19 heavy (non-hydrogen) atoms. The maximum Gasteiger partial charge on any atom is 0.322 e. The molecule has 0 aliphatic carbocycles. The van der Waals surface area contributed by atoms with E-state index in [9.17, 15) is 14.4 Å². The van der Waals surface area contributed by atoms with Crippen LogP contribution in [0.4, 0.5) is 9.59 Å². The lowest BCUT2D eigenvalue weighted by molar-refractivity contribution is -0.145. The van der Waals surface area contributed by atoms with Crippen LogP contribution in [0.15, 0.2) is 0 Å². The van der Waals surface area contributed by atoms with Crippen LogP contribution in [-0.4, -0.2) is 43.8 Å². The monoisotopic (exact) mass is 275 g/mol. The van der Waals surface area contributed by atoms with Crippen molar-refractivity contribution in [2.45, 2.75) is 25.3 Å². The summed E-state index contributed by atoms with van der Waals surface area (Å²) in [5.41, 5.74) is 15.3. The Morgan fingerprint density at radius 3 is 2.05 bits per heavy atom. The summed E-state index contributed by atoms with van der Waals surface area (Å²) in [6.45, 7) is 0.853. The fourth-order valence-electron chi connectivity index (χ4n) is 1.21. The van der Waals surface area contributed by atoms with Gasteiger partial charge in [-0.3, -0.25) is 4.79 Å². The zero-order valence-corrected chi connectivity index (χ0v) is 10.7. The summed E-state index contributed by atoms with van der Waals surface area (Å²) in [6, 6.07) is -1.97. The minimum absolute atomic E-state index is 0.159. The topological polar surface area (TPSA) is 163 Å². The summed E-state index contributed by atoms with van der Waals surface area (Å²) in [5, 5.41) is 4.75. The number of ether oxygens (including phenoxy) is 1. The number of carbonyl (C=O) groups excluding carboxylic acids is 3. The van der Waals surface area contributed by atoms with Crippen molar-refractivity contribution in [3.05, 3.63) is 0 Å². The molecule has 8 N–H and O–H groups in total. The lowest BCUT2D eigenvalue weighted by atomic mass is 10.2. The van der Waals surface area contributed by atoms with E-state index in [0.29, 0.717) is 32.4 Å². The minimum Gasteiger partial charge on any atom is -0.464 e. The number of rotatable bonds is 9. The highest BCUT2D eigenvalue weighted by Gasteiger charge is 2.14. The van der Waals surface area contributed by atoms with Crippen molar-refractivity contribution in [2.24, 2.45) is 17.2 Å². The fraction of sp³-hybridized carbons (Fsp3) is 0.700. The van der Waals surface area contributed by atoms with E-state index in [1.54, 1.807) is 0 Å². The third-order valence-electron chi connectivity index (χ3n) is 2.16. The molecule has 0 fully saturated rings. The molecule has 0 spiro atoms. The molecular formula is C10H21N5O4. The summed E-state index contributed by atoms with van der Waals surface area (Å²) in [7, 11) is 0. The van der Waals surface area contributed by atoms with E-state index in [1.165, 1.54) is 0 Å². The average Bonchev–Trinajstić information content (AvgIpc) is 2.33. The first-order valence-electron chi connectivity index (χ1n) is 5.92. The SMILES string of the molecule is NC(=O)NCCCOC(=O)[C@@H](N)CCCNC(N)=O. The molecule has 0 aromatic carbocycles. The third kappa shape index (κ3) is 10.8. The van der Waals surface area contributed by atoms with Crippen LogP contribution < -0.4 is 27.8 Å². The second-order valence-corrected chi connectivity index (χ2v) is 3.85. The molecule has 0 bridgehead atoms. The molecule has 0 unspecified atom stereocenters. The Labute approximate surface area is 111 Å². The Hall–Kier alpha value is -2.03. The molecule has 0 heterocycles. The minimum atomic E-state index is -0.737. The molecule has 0 aromatic rings. The van der Waals surface area contributed by atoms with Crippen LogP contribution in [0.5, 0.6) is 0 Å². The predicted octanol–water partition coefficient (Wildman–Crippen LogP) is -1.64. The zero-order chi connectivity index (χ0) is 14.7. The van der Waals surface area contributed by atoms with E-state index >= 15 is 0 Å². The van der Waals surface area contributed by atoms with Gasteiger partial charge in [0, 0.05) is 13.1 Å². The molecule has 0 aliphatic rings. The molecule has 1 atom stereocenters. The highest BCUT2D eigenvalue weighted by Crippen LogP contribution is 1.97. The molecule has 9 nitrogen and oxygen atoms in total. The van der Waals surface area contributed by atoms with E-state index in [-0.39, 0.29) is 6.61 Å². The van der Waals surface area contributed by atoms with E-state index in [4.69, 9.17) is 21.9 Å². The number of esters is 1. The van der Waals surface area contributed by atoms with Gasteiger partial charge in [0.05, 0.1) is 6.61 Å². The lowest BCUT2D eigenvalue weighted by Crippen LogP contribution is -2.35. The molecule has 4 amide bonds. The molecule has 110 valence electrons. The molecular weight excluding hydrogens is 254 g/mol. The van der Waals surface area contributed by atoms with Crippen LogP contribution in [0.1, 0.15) is 19.3 Å². The molecule has 0 saturated heterocycles. The van der Waals surface area contributed by atoms with Crippen LogP contribution in [0.25, 0.3) is 0 Å². The summed E-state index contributed by atoms with van der Waals surface area (Å²) in [5.74, 6) is -0.516. The highest BCUT2D eigenvalue weighted by atomic mass is 16.5. The predicted molar refractivity (Wildman–Crippen MR) is 68.0 cm³/mol. The molecule has 0 aromatic heterocycles. The van der Waals surface area contributed by atoms with Crippen LogP contribution in [0.3, 0.4) is 0 Å². The second kappa shape index (κ2) is 9.95. The van der Waals surface area contributed by atoms with Crippen molar-refractivity contribution < 1.29 is 19.1 Å². The van der Waals surface area contributed by atoms with E-state index in [0.717, 1.165) is 0 Å². The van der Waals surface area contributed by atoms with Gasteiger partial charge >= 0.3 is 18.0 Å². The summed E-state index contributed by atoms with van der Waals surface area (Å²) in [4.78, 5) is 32.1. The van der Waals surface area contributed by atoms with Crippen LogP contribution in [-0.2, 0) is 9.53 Å². The lowest BCUT2D eigenvalue weighted by Gasteiger charge is -2.11. The van der Waals surface area contributed by atoms with Crippen molar-refractivity contribution in [3.63, 3.8) is 0 Å². The maximum absolute atomic E-state index is 11.4. The zero-order valence-electron chi connectivity index (χ0n) is 10.7. The number of amides is 4. The van der Waals surface area contributed by atoms with Gasteiger partial charge in [-0.1, -0.05) is 0 Å². The van der Waals surface area contributed by atoms with Gasteiger partial charge < -0.3 is 32.6 Å². The van der Waals surface area contributed by atoms with Crippen molar-refractivity contribution in [2.75, 3.05) is 19.7 Å². The number of nitrogens with two attached hydrogens (primary N) is 3. The second-order valence-electron chi connectivity index (χ2n) is 3.85. The maximum atomic E-state index is 11.4. The van der Waals surface area contributed by atoms with Gasteiger partial charge in [-0.05, 0) is 19.3 Å². The van der Waals surface area contributed by atoms with Crippen molar-refractivity contribution in [1.29, 1.82) is 0 Å². The van der Waals surface area contributed by atoms with Crippen LogP contribution in [0.2, 0.25) is 0 Å². The number of hydrogen-bond acceptors (Lipinski definition) is 5. The van der Waals surface area contributed by atoms with Crippen LogP contribution >= 0.6 is 0 Å². The normalized spacial score (nSPS) is 11.4. The van der Waals surface area contributed by atoms with Gasteiger partial charge in [0.2, 0.25) is 0 Å². The molecule has 0 saturated carbocycles. The first kappa shape index (κ1) is 17.0. The smallest absolute Gasteiger partial charge is 0.322 e. The highest BCUT2D eigenvalue weighted by molar-refractivity contribution is 5.75. The van der Waals surface area contributed by atoms with Gasteiger partial charge in [-0.15, -0.1) is 0 Å². The Morgan fingerprint density at radius 1 is 1.00 bits per heavy atom. The Balaban J connectivity index is 3.53. The standard InChI is InChI=1S/C10H21N5O4/c11-7(3-1-4-14-9(12)17)8(16)19-6-2-5-15-10(13)18/h7H,1-6,11H2,(H3,12,14,17)(H3,13,15,18)/t7-/m0/s1. The summed E-state index contributed by atoms with van der Waals surface area (Å²) in [6.07, 6.45) is 1.38. The molecule has 0 radical (unpaired) electrons. The first-order chi connectivity index (χ1) is 8.93. The molecule has 0 aliphatic heterocycles. The number of hydrogen-bond donors (Lipinski definition) is 5. The summed E-state index contributed by atoms with van der Waals surface area (Å²) < 4.78 is 4.90. The third-order valence-corrected chi connectivity index (χ3v) is 2.16. The molecule has 0 rings (SSSR count). The van der Waals surface area contributed by atoms with Gasteiger partial charge in [-0.25, -0.2) is 9.59 Å². The Bertz CT molecular complexity index is 310. The average molecular weight is 275 g/mol. The first-order valence-corrected chi connectivity index (χ1v) is 5.92. The van der Waals surface area contributed by atoms with Crippen molar-refractivity contribution >= 4 is 18.0 Å². The van der Waals surface area contributed by atoms with Gasteiger partial charge in [0.1, 0.15) is 6.04 Å². The van der Waals surface area contributed by atoms with Crippen LogP contribution in [0, 0.1) is 0 Å². The fourth-order valence-corrected chi connectivity index (χ4v) is 1.21. The Kier molecular flexibility index (Phi) is 8.88. The van der Waals surface area contributed by atoms with Crippen molar-refractivity contribution in [1.82, 2.24) is 10.6 Å². The van der Waals surface area contributed by atoms with E-state index in [1.807, 2.05) is 0 Å². The van der Waals surface area contributed by atoms with Gasteiger partial charge in [-0.2, -0.15) is 0 Å². The van der Waals surface area contributed by atoms with E-state index in [2.05, 4.69) is 10.6 Å². The summed E-state index contributed by atoms with van der Waals surface area (Å²) >= 11 is 0. The quantitative estimate of drug-likeness (QED) is 0.251. The number of carbonyl (C=O) groups is 3. The molecule has 9 heteroatoms. The van der Waals surface area contributed by atoms with Crippen molar-refractivity contribution in [3.8, 4) is 0 Å². The number of urea groups is 2. The van der Waals surface area contributed by atoms with Gasteiger partial charge in [0.15, 0.2) is 0 Å².